The summed E-state index contributed by atoms with van der Waals surface area (Å²) in [6.45, 7) is 2.73. The molecular weight excluding hydrogens is 507 g/mol. The van der Waals surface area contributed by atoms with Gasteiger partial charge in [0.05, 0.1) is 12.2 Å². The lowest BCUT2D eigenvalue weighted by molar-refractivity contribution is -0.144. The lowest BCUT2D eigenvalue weighted by Gasteiger charge is -2.23. The average Bonchev–Trinajstić information content (AvgIpc) is 2.75. The number of carbonyl (C=O) groups is 3. The van der Waals surface area contributed by atoms with Gasteiger partial charge in [-0.25, -0.2) is 0 Å². The first-order chi connectivity index (χ1) is 15.5. The molecule has 0 aliphatic rings. The van der Waals surface area contributed by atoms with Gasteiger partial charge in [0.15, 0.2) is 5.01 Å². The maximum absolute atomic E-state index is 13.2. The number of hydrogen-bond donors (Lipinski definition) is 0. The van der Waals surface area contributed by atoms with Gasteiger partial charge in [-0.2, -0.15) is 13.2 Å². The van der Waals surface area contributed by atoms with E-state index in [0.717, 1.165) is 23.1 Å². The normalized spacial score (nSPS) is 12.1. The maximum Gasteiger partial charge on any atom is 0.416 e. The predicted molar refractivity (Wildman–Crippen MR) is 119 cm³/mol. The lowest BCUT2D eigenvalue weighted by Crippen LogP contribution is -2.36. The van der Waals surface area contributed by atoms with Crippen molar-refractivity contribution in [1.82, 2.24) is 0 Å². The number of aryl methyl sites for hydroxylation is 1. The van der Waals surface area contributed by atoms with Crippen molar-refractivity contribution in [2.75, 3.05) is 18.1 Å². The number of nitrogens with zero attached hydrogens (tertiary/aromatic N) is 1. The molecule has 2 aromatic carbocycles. The lowest BCUT2D eigenvalue weighted by atomic mass is 10.0. The van der Waals surface area contributed by atoms with Gasteiger partial charge < -0.3 is 9.47 Å². The number of benzene rings is 2. The van der Waals surface area contributed by atoms with Crippen LogP contribution in [-0.4, -0.2) is 36.0 Å². The molecule has 1 amide bonds. The number of amides is 1. The minimum Gasteiger partial charge on any atom is -0.465 e. The van der Waals surface area contributed by atoms with Crippen LogP contribution in [0.3, 0.4) is 0 Å². The van der Waals surface area contributed by atoms with E-state index in [2.05, 4.69) is 15.9 Å². The molecule has 0 N–H and O–H groups in total. The Morgan fingerprint density at radius 1 is 1.06 bits per heavy atom. The number of anilines is 1. The number of esters is 2. The van der Waals surface area contributed by atoms with Gasteiger partial charge in [0, 0.05) is 17.7 Å². The molecule has 1 unspecified atom stereocenters. The van der Waals surface area contributed by atoms with Crippen molar-refractivity contribution in [2.24, 2.45) is 0 Å². The zero-order valence-corrected chi connectivity index (χ0v) is 19.6. The number of hydrogen-bond acceptors (Lipinski definition) is 5. The molecule has 33 heavy (non-hydrogen) atoms. The van der Waals surface area contributed by atoms with Crippen molar-refractivity contribution in [3.8, 4) is 0 Å². The number of rotatable bonds is 9. The number of halogens is 4. The van der Waals surface area contributed by atoms with Crippen LogP contribution in [0.5, 0.6) is 0 Å². The van der Waals surface area contributed by atoms with Crippen LogP contribution >= 0.6 is 15.9 Å². The van der Waals surface area contributed by atoms with Crippen LogP contribution in [0, 0.1) is 0 Å². The molecule has 0 fully saturated rings. The van der Waals surface area contributed by atoms with Gasteiger partial charge in [-0.3, -0.25) is 19.3 Å². The standard InChI is InChI=1S/C23H23BrF3NO5/c1-3-32-21(30)14-28(19-9-5-8-18(13-19)23(25,26)27)22(31)17-7-4-6-16(12-17)10-11-20(29)33-15(2)24/h4-9,12-13,15H,3,10-11,14H2,1-2H3. The third kappa shape index (κ3) is 8.20. The van der Waals surface area contributed by atoms with E-state index in [1.807, 2.05) is 0 Å². The molecule has 0 aromatic heterocycles. The molecule has 0 aliphatic carbocycles. The van der Waals surface area contributed by atoms with Crippen LogP contribution in [0.2, 0.25) is 0 Å². The van der Waals surface area contributed by atoms with Gasteiger partial charge in [-0.1, -0.05) is 18.2 Å². The summed E-state index contributed by atoms with van der Waals surface area (Å²) in [5, 5.41) is -0.429. The van der Waals surface area contributed by atoms with Crippen molar-refractivity contribution >= 4 is 39.5 Å². The summed E-state index contributed by atoms with van der Waals surface area (Å²) in [7, 11) is 0. The topological polar surface area (TPSA) is 72.9 Å². The Morgan fingerprint density at radius 2 is 1.76 bits per heavy atom. The Morgan fingerprint density at radius 3 is 2.39 bits per heavy atom. The Labute approximate surface area is 197 Å². The minimum atomic E-state index is -4.62. The molecule has 0 spiro atoms. The quantitative estimate of drug-likeness (QED) is 0.332. The molecule has 2 aromatic rings. The summed E-state index contributed by atoms with van der Waals surface area (Å²) in [6, 6.07) is 10.5. The van der Waals surface area contributed by atoms with E-state index >= 15 is 0 Å². The van der Waals surface area contributed by atoms with E-state index in [1.54, 1.807) is 26.0 Å². The van der Waals surface area contributed by atoms with Gasteiger partial charge in [0.25, 0.3) is 5.91 Å². The molecule has 178 valence electrons. The van der Waals surface area contributed by atoms with E-state index < -0.39 is 41.1 Å². The van der Waals surface area contributed by atoms with Crippen molar-refractivity contribution in [3.05, 3.63) is 65.2 Å². The molecule has 0 saturated carbocycles. The summed E-state index contributed by atoms with van der Waals surface area (Å²) in [6.07, 6.45) is -4.25. The number of ether oxygens (including phenoxy) is 2. The third-order valence-corrected chi connectivity index (χ3v) is 4.60. The highest BCUT2D eigenvalue weighted by Crippen LogP contribution is 2.32. The van der Waals surface area contributed by atoms with Gasteiger partial charge >= 0.3 is 18.1 Å². The summed E-state index contributed by atoms with van der Waals surface area (Å²) >= 11 is 3.12. The van der Waals surface area contributed by atoms with Gasteiger partial charge in [0.2, 0.25) is 0 Å². The first-order valence-electron chi connectivity index (χ1n) is 10.1. The zero-order valence-electron chi connectivity index (χ0n) is 18.0. The first-order valence-corrected chi connectivity index (χ1v) is 11.0. The van der Waals surface area contributed by atoms with Crippen molar-refractivity contribution < 1.29 is 37.0 Å². The highest BCUT2D eigenvalue weighted by Gasteiger charge is 2.32. The fraction of sp³-hybridized carbons (Fsp3) is 0.348. The fourth-order valence-electron chi connectivity index (χ4n) is 2.97. The van der Waals surface area contributed by atoms with Crippen LogP contribution in [-0.2, 0) is 31.7 Å². The molecule has 6 nitrogen and oxygen atoms in total. The molecule has 0 radical (unpaired) electrons. The molecule has 0 aliphatic heterocycles. The highest BCUT2D eigenvalue weighted by atomic mass is 79.9. The molecule has 0 saturated heterocycles. The van der Waals surface area contributed by atoms with Crippen LogP contribution < -0.4 is 4.90 Å². The Balaban J connectivity index is 2.32. The highest BCUT2D eigenvalue weighted by molar-refractivity contribution is 9.09. The zero-order chi connectivity index (χ0) is 24.6. The molecule has 1 atom stereocenters. The third-order valence-electron chi connectivity index (χ3n) is 4.41. The van der Waals surface area contributed by atoms with Crippen molar-refractivity contribution in [3.63, 3.8) is 0 Å². The van der Waals surface area contributed by atoms with E-state index in [0.29, 0.717) is 12.0 Å². The first kappa shape index (κ1) is 26.4. The van der Waals surface area contributed by atoms with Crippen LogP contribution in [0.15, 0.2) is 48.5 Å². The van der Waals surface area contributed by atoms with E-state index in [4.69, 9.17) is 9.47 Å². The molecule has 0 heterocycles. The number of alkyl halides is 4. The van der Waals surface area contributed by atoms with Crippen LogP contribution in [0.4, 0.5) is 18.9 Å². The summed E-state index contributed by atoms with van der Waals surface area (Å²) in [4.78, 5) is 38.0. The summed E-state index contributed by atoms with van der Waals surface area (Å²) in [5.74, 6) is -1.86. The Bertz CT molecular complexity index is 994. The predicted octanol–water partition coefficient (Wildman–Crippen LogP) is 5.13. The van der Waals surface area contributed by atoms with Crippen molar-refractivity contribution in [1.29, 1.82) is 0 Å². The second-order valence-electron chi connectivity index (χ2n) is 6.98. The van der Waals surface area contributed by atoms with Gasteiger partial charge in [-0.15, -0.1) is 0 Å². The molecule has 10 heteroatoms. The van der Waals surface area contributed by atoms with E-state index in [1.165, 1.54) is 18.2 Å². The Kier molecular flexibility index (Phi) is 9.45. The van der Waals surface area contributed by atoms with E-state index in [9.17, 15) is 27.6 Å². The summed E-state index contributed by atoms with van der Waals surface area (Å²) in [5.41, 5.74) is -0.241. The van der Waals surface area contributed by atoms with Crippen LogP contribution in [0.1, 0.15) is 41.8 Å². The maximum atomic E-state index is 13.2. The Hall–Kier alpha value is -2.88. The monoisotopic (exact) mass is 529 g/mol. The molecule has 0 bridgehead atoms. The van der Waals surface area contributed by atoms with Crippen LogP contribution in [0.25, 0.3) is 0 Å². The largest absolute Gasteiger partial charge is 0.465 e. The van der Waals surface area contributed by atoms with Gasteiger partial charge in [0.1, 0.15) is 6.54 Å². The van der Waals surface area contributed by atoms with Gasteiger partial charge in [-0.05, 0) is 72.1 Å². The second kappa shape index (κ2) is 11.8. The summed E-state index contributed by atoms with van der Waals surface area (Å²) < 4.78 is 49.5. The number of carbonyl (C=O) groups excluding carboxylic acids is 3. The molecule has 2 rings (SSSR count). The van der Waals surface area contributed by atoms with Crippen molar-refractivity contribution in [2.45, 2.75) is 37.9 Å². The smallest absolute Gasteiger partial charge is 0.416 e. The minimum absolute atomic E-state index is 0.0576. The fourth-order valence-corrected chi connectivity index (χ4v) is 3.18. The SMILES string of the molecule is CCOC(=O)CN(C(=O)c1cccc(CCC(=O)OC(C)Br)c1)c1cccc(C(F)(F)F)c1. The average molecular weight is 530 g/mol. The molecular formula is C23H23BrF3NO5. The van der Waals surface area contributed by atoms with E-state index in [-0.39, 0.29) is 24.3 Å². The second-order valence-corrected chi connectivity index (χ2v) is 8.27.